The van der Waals surface area contributed by atoms with Crippen molar-refractivity contribution in [2.75, 3.05) is 0 Å². The van der Waals surface area contributed by atoms with Crippen molar-refractivity contribution in [1.29, 1.82) is 0 Å². The molecular formula is C15H13NO2. The molecule has 0 fully saturated rings. The molecule has 18 heavy (non-hydrogen) atoms. The van der Waals surface area contributed by atoms with Gasteiger partial charge in [-0.3, -0.25) is 9.78 Å². The first-order valence-electron chi connectivity index (χ1n) is 5.98. The molecule has 3 rings (SSSR count). The van der Waals surface area contributed by atoms with E-state index in [-0.39, 0.29) is 11.9 Å². The Balaban J connectivity index is 1.95. The number of benzene rings is 1. The minimum absolute atomic E-state index is 0.00505. The van der Waals surface area contributed by atoms with Gasteiger partial charge in [-0.1, -0.05) is 0 Å². The molecule has 0 radical (unpaired) electrons. The van der Waals surface area contributed by atoms with E-state index < -0.39 is 0 Å². The Kier molecular flexibility index (Phi) is 2.59. The van der Waals surface area contributed by atoms with Gasteiger partial charge in [-0.05, 0) is 42.8 Å². The van der Waals surface area contributed by atoms with Crippen molar-refractivity contribution in [2.45, 2.75) is 19.4 Å². The highest BCUT2D eigenvalue weighted by Crippen LogP contribution is 2.29. The second-order valence-corrected chi connectivity index (χ2v) is 4.53. The minimum Gasteiger partial charge on any atom is -0.490 e. The highest BCUT2D eigenvalue weighted by atomic mass is 16.5. The SMILES string of the molecule is CC1Cc2cc(C(=O)c3cccnc3)ccc2O1. The zero-order chi connectivity index (χ0) is 12.5. The Bertz CT molecular complexity index is 593. The van der Waals surface area contributed by atoms with E-state index in [9.17, 15) is 4.79 Å². The van der Waals surface area contributed by atoms with Crippen molar-refractivity contribution in [3.05, 3.63) is 59.4 Å². The summed E-state index contributed by atoms with van der Waals surface area (Å²) in [5, 5.41) is 0. The van der Waals surface area contributed by atoms with Crippen LogP contribution in [0.4, 0.5) is 0 Å². The number of hydrogen-bond donors (Lipinski definition) is 0. The molecule has 3 nitrogen and oxygen atoms in total. The first kappa shape index (κ1) is 11.0. The molecule has 1 atom stereocenters. The largest absolute Gasteiger partial charge is 0.490 e. The normalized spacial score (nSPS) is 17.1. The van der Waals surface area contributed by atoms with Crippen molar-refractivity contribution >= 4 is 5.78 Å². The predicted molar refractivity (Wildman–Crippen MR) is 67.9 cm³/mol. The van der Waals surface area contributed by atoms with E-state index in [0.29, 0.717) is 11.1 Å². The monoisotopic (exact) mass is 239 g/mol. The molecule has 1 unspecified atom stereocenters. The number of ketones is 1. The summed E-state index contributed by atoms with van der Waals surface area (Å²) < 4.78 is 5.62. The van der Waals surface area contributed by atoms with Crippen LogP contribution < -0.4 is 4.74 Å². The van der Waals surface area contributed by atoms with Crippen LogP contribution in [0.2, 0.25) is 0 Å². The summed E-state index contributed by atoms with van der Waals surface area (Å²) in [5.41, 5.74) is 2.42. The number of pyridine rings is 1. The fourth-order valence-electron chi connectivity index (χ4n) is 2.23. The van der Waals surface area contributed by atoms with Crippen LogP contribution >= 0.6 is 0 Å². The van der Waals surface area contributed by atoms with Crippen LogP contribution in [0.5, 0.6) is 5.75 Å². The number of carbonyl (C=O) groups is 1. The second-order valence-electron chi connectivity index (χ2n) is 4.53. The van der Waals surface area contributed by atoms with E-state index in [1.54, 1.807) is 24.5 Å². The molecule has 1 aliphatic heterocycles. The zero-order valence-electron chi connectivity index (χ0n) is 10.1. The van der Waals surface area contributed by atoms with Gasteiger partial charge in [-0.2, -0.15) is 0 Å². The third-order valence-electron chi connectivity index (χ3n) is 3.08. The third-order valence-corrected chi connectivity index (χ3v) is 3.08. The maximum absolute atomic E-state index is 12.2. The van der Waals surface area contributed by atoms with Gasteiger partial charge in [0.25, 0.3) is 0 Å². The summed E-state index contributed by atoms with van der Waals surface area (Å²) in [6, 6.07) is 9.16. The van der Waals surface area contributed by atoms with Crippen LogP contribution in [-0.2, 0) is 6.42 Å². The highest BCUT2D eigenvalue weighted by molar-refractivity contribution is 6.09. The average Bonchev–Trinajstić information content (AvgIpc) is 2.78. The molecule has 0 N–H and O–H groups in total. The summed E-state index contributed by atoms with van der Waals surface area (Å²) in [6.45, 7) is 2.03. The zero-order valence-corrected chi connectivity index (χ0v) is 10.1. The van der Waals surface area contributed by atoms with Crippen LogP contribution in [-0.4, -0.2) is 16.9 Å². The minimum atomic E-state index is 0.00505. The lowest BCUT2D eigenvalue weighted by Gasteiger charge is -2.04. The molecule has 0 saturated heterocycles. The smallest absolute Gasteiger partial charge is 0.194 e. The standard InChI is InChI=1S/C15H13NO2/c1-10-7-13-8-11(4-5-14(13)18-10)15(17)12-3-2-6-16-9-12/h2-6,8-10H,7H2,1H3. The summed E-state index contributed by atoms with van der Waals surface area (Å²) in [4.78, 5) is 16.2. The van der Waals surface area contributed by atoms with Gasteiger partial charge in [0.15, 0.2) is 5.78 Å². The van der Waals surface area contributed by atoms with Gasteiger partial charge in [-0.15, -0.1) is 0 Å². The van der Waals surface area contributed by atoms with Crippen molar-refractivity contribution in [3.63, 3.8) is 0 Å². The third kappa shape index (κ3) is 1.88. The molecule has 90 valence electrons. The molecule has 1 aliphatic rings. The lowest BCUT2D eigenvalue weighted by atomic mass is 10.0. The van der Waals surface area contributed by atoms with E-state index in [1.807, 2.05) is 25.1 Å². The molecular weight excluding hydrogens is 226 g/mol. The van der Waals surface area contributed by atoms with Gasteiger partial charge in [0.2, 0.25) is 0 Å². The van der Waals surface area contributed by atoms with Crippen molar-refractivity contribution in [3.8, 4) is 5.75 Å². The van der Waals surface area contributed by atoms with Crippen LogP contribution in [0.1, 0.15) is 28.4 Å². The number of carbonyl (C=O) groups excluding carboxylic acids is 1. The van der Waals surface area contributed by atoms with Gasteiger partial charge in [0.05, 0.1) is 0 Å². The molecule has 0 aliphatic carbocycles. The molecule has 0 amide bonds. The average molecular weight is 239 g/mol. The van der Waals surface area contributed by atoms with Crippen LogP contribution in [0.25, 0.3) is 0 Å². The maximum Gasteiger partial charge on any atom is 0.194 e. The van der Waals surface area contributed by atoms with Crippen LogP contribution in [0.15, 0.2) is 42.7 Å². The topological polar surface area (TPSA) is 39.2 Å². The first-order valence-corrected chi connectivity index (χ1v) is 5.98. The molecule has 0 bridgehead atoms. The number of aromatic nitrogens is 1. The Morgan fingerprint density at radius 1 is 1.33 bits per heavy atom. The first-order chi connectivity index (χ1) is 8.74. The van der Waals surface area contributed by atoms with Crippen molar-refractivity contribution in [2.24, 2.45) is 0 Å². The molecule has 0 saturated carbocycles. The molecule has 2 heterocycles. The fourth-order valence-corrected chi connectivity index (χ4v) is 2.23. The van der Waals surface area contributed by atoms with Gasteiger partial charge in [0.1, 0.15) is 11.9 Å². The summed E-state index contributed by atoms with van der Waals surface area (Å²) in [5.74, 6) is 0.899. The van der Waals surface area contributed by atoms with E-state index in [2.05, 4.69) is 4.98 Å². The van der Waals surface area contributed by atoms with Gasteiger partial charge >= 0.3 is 0 Å². The highest BCUT2D eigenvalue weighted by Gasteiger charge is 2.20. The number of fused-ring (bicyclic) bond motifs is 1. The lowest BCUT2D eigenvalue weighted by molar-refractivity contribution is 0.103. The van der Waals surface area contributed by atoms with E-state index in [1.165, 1.54) is 0 Å². The summed E-state index contributed by atoms with van der Waals surface area (Å²) >= 11 is 0. The van der Waals surface area contributed by atoms with Crippen LogP contribution in [0.3, 0.4) is 0 Å². The number of nitrogens with zero attached hydrogens (tertiary/aromatic N) is 1. The van der Waals surface area contributed by atoms with E-state index in [0.717, 1.165) is 17.7 Å². The predicted octanol–water partition coefficient (Wildman–Crippen LogP) is 2.64. The fraction of sp³-hybridized carbons (Fsp3) is 0.200. The Morgan fingerprint density at radius 2 is 2.22 bits per heavy atom. The quantitative estimate of drug-likeness (QED) is 0.756. The molecule has 2 aromatic rings. The maximum atomic E-state index is 12.2. The van der Waals surface area contributed by atoms with Crippen molar-refractivity contribution in [1.82, 2.24) is 4.98 Å². The number of ether oxygens (including phenoxy) is 1. The second kappa shape index (κ2) is 4.26. The van der Waals surface area contributed by atoms with Gasteiger partial charge in [-0.25, -0.2) is 0 Å². The van der Waals surface area contributed by atoms with E-state index >= 15 is 0 Å². The number of hydrogen-bond acceptors (Lipinski definition) is 3. The lowest BCUT2D eigenvalue weighted by Crippen LogP contribution is -2.05. The summed E-state index contributed by atoms with van der Waals surface area (Å²) in [6.07, 6.45) is 4.32. The molecule has 1 aromatic heterocycles. The number of rotatable bonds is 2. The van der Waals surface area contributed by atoms with Gasteiger partial charge in [0, 0.05) is 29.9 Å². The Labute approximate surface area is 105 Å². The summed E-state index contributed by atoms with van der Waals surface area (Å²) in [7, 11) is 0. The Hall–Kier alpha value is -2.16. The molecule has 1 aromatic carbocycles. The van der Waals surface area contributed by atoms with Crippen molar-refractivity contribution < 1.29 is 9.53 Å². The van der Waals surface area contributed by atoms with E-state index in [4.69, 9.17) is 4.74 Å². The molecule has 0 spiro atoms. The molecule has 3 heteroatoms. The van der Waals surface area contributed by atoms with Gasteiger partial charge < -0.3 is 4.74 Å². The van der Waals surface area contributed by atoms with Crippen LogP contribution in [0, 0.1) is 0 Å². The Morgan fingerprint density at radius 3 is 3.00 bits per heavy atom.